The Hall–Kier alpha value is -0.670. The number of hydrogen-bond donors (Lipinski definition) is 1. The van der Waals surface area contributed by atoms with Gasteiger partial charge < -0.3 is 5.73 Å². The van der Waals surface area contributed by atoms with Crippen molar-refractivity contribution in [3.8, 4) is 0 Å². The van der Waals surface area contributed by atoms with E-state index in [4.69, 9.17) is 5.73 Å². The van der Waals surface area contributed by atoms with Crippen molar-refractivity contribution in [1.29, 1.82) is 0 Å². The van der Waals surface area contributed by atoms with Crippen LogP contribution < -0.4 is 5.73 Å². The first-order valence-corrected chi connectivity index (χ1v) is 5.25. The van der Waals surface area contributed by atoms with Crippen molar-refractivity contribution in [3.63, 3.8) is 0 Å². The Morgan fingerprint density at radius 3 is 2.79 bits per heavy atom. The molecule has 0 bridgehead atoms. The number of hydrogen-bond acceptors (Lipinski definition) is 1. The van der Waals surface area contributed by atoms with Crippen LogP contribution in [0.3, 0.4) is 0 Å². The van der Waals surface area contributed by atoms with Gasteiger partial charge in [-0.05, 0) is 36.6 Å². The minimum Gasteiger partial charge on any atom is -0.324 e. The third-order valence-electron chi connectivity index (χ3n) is 1.99. The van der Waals surface area contributed by atoms with Gasteiger partial charge in [0.1, 0.15) is 5.82 Å². The van der Waals surface area contributed by atoms with E-state index in [0.717, 1.165) is 22.9 Å². The molecule has 1 rings (SSSR count). The number of halogens is 2. The Balaban J connectivity index is 2.78. The van der Waals surface area contributed by atoms with E-state index in [1.54, 1.807) is 0 Å². The van der Waals surface area contributed by atoms with Crippen molar-refractivity contribution in [1.82, 2.24) is 0 Å². The lowest BCUT2D eigenvalue weighted by Gasteiger charge is -2.11. The summed E-state index contributed by atoms with van der Waals surface area (Å²) in [5, 5.41) is 0. The highest BCUT2D eigenvalue weighted by molar-refractivity contribution is 9.10. The monoisotopic (exact) mass is 257 g/mol. The summed E-state index contributed by atoms with van der Waals surface area (Å²) >= 11 is 3.23. The molecule has 1 aromatic carbocycles. The molecule has 1 atom stereocenters. The molecular weight excluding hydrogens is 245 g/mol. The summed E-state index contributed by atoms with van der Waals surface area (Å²) in [5.41, 5.74) is 6.70. The molecule has 0 amide bonds. The van der Waals surface area contributed by atoms with Gasteiger partial charge in [-0.1, -0.05) is 22.0 Å². The highest BCUT2D eigenvalue weighted by atomic mass is 79.9. The van der Waals surface area contributed by atoms with E-state index in [-0.39, 0.29) is 11.9 Å². The average molecular weight is 258 g/mol. The lowest BCUT2D eigenvalue weighted by atomic mass is 10.0. The number of allylic oxidation sites excluding steroid dienone is 1. The van der Waals surface area contributed by atoms with Gasteiger partial charge in [-0.3, -0.25) is 0 Å². The standard InChI is InChI=1S/C11H13BrFN/c1-2-3-4-11(14)8-5-9(12)7-10(13)6-8/h2,5-7,11H,1,3-4,14H2. The van der Waals surface area contributed by atoms with Crippen molar-refractivity contribution in [3.05, 3.63) is 46.7 Å². The van der Waals surface area contributed by atoms with E-state index in [1.165, 1.54) is 12.1 Å². The quantitative estimate of drug-likeness (QED) is 0.821. The Bertz CT molecular complexity index is 305. The van der Waals surface area contributed by atoms with Crippen LogP contribution in [0.2, 0.25) is 0 Å². The van der Waals surface area contributed by atoms with Crippen molar-refractivity contribution >= 4 is 15.9 Å². The minimum absolute atomic E-state index is 0.125. The summed E-state index contributed by atoms with van der Waals surface area (Å²) in [4.78, 5) is 0. The number of nitrogens with two attached hydrogens (primary N) is 1. The van der Waals surface area contributed by atoms with Crippen molar-refractivity contribution in [2.75, 3.05) is 0 Å². The van der Waals surface area contributed by atoms with Crippen LogP contribution in [0.1, 0.15) is 24.4 Å². The fourth-order valence-corrected chi connectivity index (χ4v) is 1.74. The van der Waals surface area contributed by atoms with E-state index in [2.05, 4.69) is 22.5 Å². The molecule has 0 fully saturated rings. The molecule has 0 spiro atoms. The van der Waals surface area contributed by atoms with Gasteiger partial charge in [-0.15, -0.1) is 6.58 Å². The molecule has 2 N–H and O–H groups in total. The van der Waals surface area contributed by atoms with Crippen LogP contribution in [-0.4, -0.2) is 0 Å². The first-order chi connectivity index (χ1) is 6.63. The van der Waals surface area contributed by atoms with Gasteiger partial charge in [0.25, 0.3) is 0 Å². The molecule has 0 aromatic heterocycles. The number of benzene rings is 1. The molecule has 1 nitrogen and oxygen atoms in total. The molecule has 14 heavy (non-hydrogen) atoms. The van der Waals surface area contributed by atoms with E-state index in [0.29, 0.717) is 0 Å². The van der Waals surface area contributed by atoms with Crippen molar-refractivity contribution in [2.45, 2.75) is 18.9 Å². The van der Waals surface area contributed by atoms with Gasteiger partial charge in [0.15, 0.2) is 0 Å². The summed E-state index contributed by atoms with van der Waals surface area (Å²) in [7, 11) is 0. The van der Waals surface area contributed by atoms with Crippen LogP contribution in [0, 0.1) is 5.82 Å². The zero-order valence-corrected chi connectivity index (χ0v) is 9.43. The second-order valence-electron chi connectivity index (χ2n) is 3.18. The van der Waals surface area contributed by atoms with Crippen LogP contribution in [0.4, 0.5) is 4.39 Å². The van der Waals surface area contributed by atoms with Crippen LogP contribution in [0.25, 0.3) is 0 Å². The first kappa shape index (κ1) is 11.4. The summed E-state index contributed by atoms with van der Waals surface area (Å²) in [6, 6.07) is 4.61. The van der Waals surface area contributed by atoms with Crippen LogP contribution in [0.5, 0.6) is 0 Å². The highest BCUT2D eigenvalue weighted by Gasteiger charge is 2.07. The second kappa shape index (κ2) is 5.27. The molecule has 0 aliphatic rings. The van der Waals surface area contributed by atoms with Crippen molar-refractivity contribution < 1.29 is 4.39 Å². The van der Waals surface area contributed by atoms with Crippen molar-refractivity contribution in [2.24, 2.45) is 5.73 Å². The Morgan fingerprint density at radius 1 is 1.50 bits per heavy atom. The van der Waals surface area contributed by atoms with Gasteiger partial charge >= 0.3 is 0 Å². The lowest BCUT2D eigenvalue weighted by molar-refractivity contribution is 0.610. The molecular formula is C11H13BrFN. The predicted octanol–water partition coefficient (Wildman–Crippen LogP) is 3.55. The normalized spacial score (nSPS) is 12.5. The topological polar surface area (TPSA) is 26.0 Å². The van der Waals surface area contributed by atoms with E-state index in [9.17, 15) is 4.39 Å². The smallest absolute Gasteiger partial charge is 0.124 e. The number of rotatable bonds is 4. The lowest BCUT2D eigenvalue weighted by Crippen LogP contribution is -2.10. The molecule has 0 heterocycles. The Morgan fingerprint density at radius 2 is 2.21 bits per heavy atom. The SMILES string of the molecule is C=CCCC(N)c1cc(F)cc(Br)c1. The molecule has 0 aliphatic heterocycles. The molecule has 0 saturated carbocycles. The third kappa shape index (κ3) is 3.24. The zero-order valence-electron chi connectivity index (χ0n) is 7.84. The Labute approximate surface area is 91.9 Å². The van der Waals surface area contributed by atoms with Crippen LogP contribution in [-0.2, 0) is 0 Å². The largest absolute Gasteiger partial charge is 0.324 e. The fraction of sp³-hybridized carbons (Fsp3) is 0.273. The minimum atomic E-state index is -0.261. The first-order valence-electron chi connectivity index (χ1n) is 4.46. The van der Waals surface area contributed by atoms with Gasteiger partial charge in [0, 0.05) is 10.5 Å². The van der Waals surface area contributed by atoms with Gasteiger partial charge in [-0.25, -0.2) is 4.39 Å². The maximum Gasteiger partial charge on any atom is 0.124 e. The summed E-state index contributed by atoms with van der Waals surface area (Å²) < 4.78 is 13.7. The van der Waals surface area contributed by atoms with Crippen LogP contribution >= 0.6 is 15.9 Å². The summed E-state index contributed by atoms with van der Waals surface area (Å²) in [5.74, 6) is -0.261. The fourth-order valence-electron chi connectivity index (χ4n) is 1.25. The van der Waals surface area contributed by atoms with Crippen LogP contribution in [0.15, 0.2) is 35.3 Å². The maximum absolute atomic E-state index is 13.0. The average Bonchev–Trinajstić information content (AvgIpc) is 2.12. The molecule has 0 aliphatic carbocycles. The maximum atomic E-state index is 13.0. The van der Waals surface area contributed by atoms with Gasteiger partial charge in [0.05, 0.1) is 0 Å². The molecule has 0 saturated heterocycles. The molecule has 76 valence electrons. The molecule has 1 aromatic rings. The second-order valence-corrected chi connectivity index (χ2v) is 4.09. The molecule has 1 unspecified atom stereocenters. The van der Waals surface area contributed by atoms with E-state index >= 15 is 0 Å². The van der Waals surface area contributed by atoms with E-state index in [1.807, 2.05) is 12.1 Å². The molecule has 0 radical (unpaired) electrons. The molecule has 3 heteroatoms. The summed E-state index contributed by atoms with van der Waals surface area (Å²) in [6.07, 6.45) is 3.45. The van der Waals surface area contributed by atoms with E-state index < -0.39 is 0 Å². The summed E-state index contributed by atoms with van der Waals surface area (Å²) in [6.45, 7) is 3.62. The van der Waals surface area contributed by atoms with Gasteiger partial charge in [-0.2, -0.15) is 0 Å². The highest BCUT2D eigenvalue weighted by Crippen LogP contribution is 2.21. The zero-order chi connectivity index (χ0) is 10.6. The third-order valence-corrected chi connectivity index (χ3v) is 2.45. The van der Waals surface area contributed by atoms with Gasteiger partial charge in [0.2, 0.25) is 0 Å². The predicted molar refractivity (Wildman–Crippen MR) is 60.5 cm³/mol. The Kier molecular flexibility index (Phi) is 4.29.